The normalized spacial score (nSPS) is 18.5. The number of hydrogen-bond donors (Lipinski definition) is 1. The third-order valence-electron chi connectivity index (χ3n) is 4.20. The van der Waals surface area contributed by atoms with Crippen LogP contribution in [0.25, 0.3) is 0 Å². The lowest BCUT2D eigenvalue weighted by molar-refractivity contribution is -0.274. The van der Waals surface area contributed by atoms with Crippen molar-refractivity contribution in [1.29, 1.82) is 0 Å². The fourth-order valence-corrected chi connectivity index (χ4v) is 3.33. The summed E-state index contributed by atoms with van der Waals surface area (Å²) in [6.07, 6.45) is 2.37. The predicted octanol–water partition coefficient (Wildman–Crippen LogP) is 4.30. The molecule has 5 heteroatoms. The van der Waals surface area contributed by atoms with Gasteiger partial charge in [-0.2, -0.15) is 0 Å². The first-order valence-corrected chi connectivity index (χ1v) is 7.42. The van der Waals surface area contributed by atoms with Crippen molar-refractivity contribution in [2.45, 2.75) is 44.9 Å². The molecule has 1 saturated carbocycles. The van der Waals surface area contributed by atoms with Crippen LogP contribution in [-0.2, 0) is 6.42 Å². The highest BCUT2D eigenvalue weighted by atomic mass is 19.4. The summed E-state index contributed by atoms with van der Waals surface area (Å²) in [6, 6.07) is 6.29. The second-order valence-electron chi connectivity index (χ2n) is 5.96. The molecule has 1 aromatic carbocycles. The van der Waals surface area contributed by atoms with Crippen molar-refractivity contribution < 1.29 is 17.9 Å². The molecule has 0 bridgehead atoms. The van der Waals surface area contributed by atoms with Crippen molar-refractivity contribution >= 4 is 0 Å². The Morgan fingerprint density at radius 3 is 2.24 bits per heavy atom. The molecule has 0 aliphatic heterocycles. The number of benzene rings is 1. The van der Waals surface area contributed by atoms with Crippen LogP contribution >= 0.6 is 0 Å². The van der Waals surface area contributed by atoms with Gasteiger partial charge in [-0.1, -0.05) is 31.4 Å². The molecule has 1 aliphatic rings. The number of ether oxygens (including phenoxy) is 1. The molecule has 0 aromatic heterocycles. The van der Waals surface area contributed by atoms with E-state index >= 15 is 0 Å². The summed E-state index contributed by atoms with van der Waals surface area (Å²) in [6.45, 7) is 0.952. The minimum Gasteiger partial charge on any atom is -0.406 e. The van der Waals surface area contributed by atoms with Gasteiger partial charge >= 0.3 is 6.36 Å². The Morgan fingerprint density at radius 2 is 1.71 bits per heavy atom. The first-order valence-electron chi connectivity index (χ1n) is 7.42. The number of rotatable bonds is 5. The van der Waals surface area contributed by atoms with Crippen molar-refractivity contribution in [2.24, 2.45) is 5.41 Å². The van der Waals surface area contributed by atoms with Crippen LogP contribution in [0.3, 0.4) is 0 Å². The molecule has 0 radical (unpaired) electrons. The monoisotopic (exact) mass is 301 g/mol. The minimum absolute atomic E-state index is 0.155. The van der Waals surface area contributed by atoms with Gasteiger partial charge in [0.15, 0.2) is 0 Å². The maximum atomic E-state index is 12.1. The number of hydrogen-bond acceptors (Lipinski definition) is 2. The van der Waals surface area contributed by atoms with Crippen LogP contribution in [0.4, 0.5) is 13.2 Å². The second kappa shape index (κ2) is 6.69. The Labute approximate surface area is 123 Å². The zero-order chi connectivity index (χ0) is 15.3. The van der Waals surface area contributed by atoms with E-state index in [1.165, 1.54) is 44.2 Å². The molecule has 0 atom stereocenters. The molecule has 1 aromatic rings. The molecular formula is C16H22F3NO. The van der Waals surface area contributed by atoms with Gasteiger partial charge in [0.1, 0.15) is 5.75 Å². The van der Waals surface area contributed by atoms with Crippen LogP contribution < -0.4 is 10.1 Å². The lowest BCUT2D eigenvalue weighted by Gasteiger charge is -2.37. The Kier molecular flexibility index (Phi) is 5.14. The van der Waals surface area contributed by atoms with Gasteiger partial charge in [0, 0.05) is 6.54 Å². The highest BCUT2D eigenvalue weighted by Crippen LogP contribution is 2.39. The largest absolute Gasteiger partial charge is 0.573 e. The Bertz CT molecular complexity index is 430. The van der Waals surface area contributed by atoms with E-state index < -0.39 is 6.36 Å². The molecule has 1 N–H and O–H groups in total. The van der Waals surface area contributed by atoms with Crippen molar-refractivity contribution in [3.63, 3.8) is 0 Å². The maximum absolute atomic E-state index is 12.1. The zero-order valence-corrected chi connectivity index (χ0v) is 12.3. The molecule has 0 spiro atoms. The Hall–Kier alpha value is -1.23. The summed E-state index contributed by atoms with van der Waals surface area (Å²) >= 11 is 0. The van der Waals surface area contributed by atoms with Gasteiger partial charge in [0.2, 0.25) is 0 Å². The summed E-state index contributed by atoms with van der Waals surface area (Å²) < 4.78 is 40.3. The molecule has 0 unspecified atom stereocenters. The van der Waals surface area contributed by atoms with Crippen LogP contribution in [-0.4, -0.2) is 20.0 Å². The standard InChI is InChI=1S/C16H22F3NO/c1-20-12-15(9-3-2-4-10-15)11-13-5-7-14(8-6-13)21-16(17,18)19/h5-8,20H,2-4,9-12H2,1H3. The van der Waals surface area contributed by atoms with Crippen molar-refractivity contribution in [1.82, 2.24) is 5.32 Å². The lowest BCUT2D eigenvalue weighted by atomic mass is 9.70. The molecule has 118 valence electrons. The SMILES string of the molecule is CNCC1(Cc2ccc(OC(F)(F)F)cc2)CCCCC1. The van der Waals surface area contributed by atoms with Gasteiger partial charge in [0.25, 0.3) is 0 Å². The zero-order valence-electron chi connectivity index (χ0n) is 12.3. The summed E-state index contributed by atoms with van der Waals surface area (Å²) in [4.78, 5) is 0. The van der Waals surface area contributed by atoms with E-state index in [1.54, 1.807) is 12.1 Å². The third-order valence-corrected chi connectivity index (χ3v) is 4.20. The molecule has 0 saturated heterocycles. The van der Waals surface area contributed by atoms with Crippen LogP contribution in [0.15, 0.2) is 24.3 Å². The Balaban J connectivity index is 2.04. The van der Waals surface area contributed by atoms with E-state index in [2.05, 4.69) is 10.1 Å². The van der Waals surface area contributed by atoms with E-state index in [-0.39, 0.29) is 11.2 Å². The molecule has 0 amide bonds. The molecule has 2 rings (SSSR count). The van der Waals surface area contributed by atoms with Crippen molar-refractivity contribution in [3.8, 4) is 5.75 Å². The quantitative estimate of drug-likeness (QED) is 0.875. The van der Waals surface area contributed by atoms with Crippen LogP contribution in [0.5, 0.6) is 5.75 Å². The van der Waals surface area contributed by atoms with E-state index in [1.807, 2.05) is 7.05 Å². The second-order valence-corrected chi connectivity index (χ2v) is 5.96. The number of nitrogens with one attached hydrogen (secondary N) is 1. The average Bonchev–Trinajstić information content (AvgIpc) is 2.41. The van der Waals surface area contributed by atoms with Crippen LogP contribution in [0.2, 0.25) is 0 Å². The van der Waals surface area contributed by atoms with Gasteiger partial charge in [-0.15, -0.1) is 13.2 Å². The number of halogens is 3. The van der Waals surface area contributed by atoms with Gasteiger partial charge in [-0.3, -0.25) is 0 Å². The molecule has 0 heterocycles. The first-order chi connectivity index (χ1) is 9.92. The molecular weight excluding hydrogens is 279 g/mol. The van der Waals surface area contributed by atoms with E-state index in [0.717, 1.165) is 18.5 Å². The summed E-state index contributed by atoms with van der Waals surface area (Å²) in [7, 11) is 1.95. The Morgan fingerprint density at radius 1 is 1.10 bits per heavy atom. The van der Waals surface area contributed by atoms with Gasteiger partial charge in [-0.25, -0.2) is 0 Å². The first kappa shape index (κ1) is 16.1. The molecule has 2 nitrogen and oxygen atoms in total. The van der Waals surface area contributed by atoms with E-state index in [0.29, 0.717) is 0 Å². The highest BCUT2D eigenvalue weighted by molar-refractivity contribution is 5.28. The highest BCUT2D eigenvalue weighted by Gasteiger charge is 2.32. The maximum Gasteiger partial charge on any atom is 0.573 e. The smallest absolute Gasteiger partial charge is 0.406 e. The van der Waals surface area contributed by atoms with Gasteiger partial charge < -0.3 is 10.1 Å². The van der Waals surface area contributed by atoms with E-state index in [9.17, 15) is 13.2 Å². The summed E-state index contributed by atoms with van der Waals surface area (Å²) in [5.74, 6) is -0.155. The van der Waals surface area contributed by atoms with Crippen molar-refractivity contribution in [3.05, 3.63) is 29.8 Å². The summed E-state index contributed by atoms with van der Waals surface area (Å²) in [5, 5.41) is 3.27. The van der Waals surface area contributed by atoms with E-state index in [4.69, 9.17) is 0 Å². The van der Waals surface area contributed by atoms with Crippen LogP contribution in [0, 0.1) is 5.41 Å². The number of alkyl halides is 3. The fraction of sp³-hybridized carbons (Fsp3) is 0.625. The van der Waals surface area contributed by atoms with Gasteiger partial charge in [-0.05, 0) is 49.4 Å². The molecule has 1 fully saturated rings. The van der Waals surface area contributed by atoms with Crippen molar-refractivity contribution in [2.75, 3.05) is 13.6 Å². The molecule has 1 aliphatic carbocycles. The lowest BCUT2D eigenvalue weighted by Crippen LogP contribution is -2.36. The minimum atomic E-state index is -4.63. The van der Waals surface area contributed by atoms with Gasteiger partial charge in [0.05, 0.1) is 0 Å². The third kappa shape index (κ3) is 4.92. The predicted molar refractivity (Wildman–Crippen MR) is 76.3 cm³/mol. The topological polar surface area (TPSA) is 21.3 Å². The summed E-state index contributed by atoms with van der Waals surface area (Å²) in [5.41, 5.74) is 1.31. The fourth-order valence-electron chi connectivity index (χ4n) is 3.33. The van der Waals surface area contributed by atoms with Crippen LogP contribution in [0.1, 0.15) is 37.7 Å². The molecule has 21 heavy (non-hydrogen) atoms. The average molecular weight is 301 g/mol.